The van der Waals surface area contributed by atoms with E-state index in [-0.39, 0.29) is 0 Å². The van der Waals surface area contributed by atoms with Gasteiger partial charge in [0.15, 0.2) is 11.5 Å². The smallest absolute Gasteiger partial charge is 0.192 e. The average Bonchev–Trinajstić information content (AvgIpc) is 2.59. The van der Waals surface area contributed by atoms with Crippen LogP contribution in [0.2, 0.25) is 0 Å². The first-order valence-electron chi connectivity index (χ1n) is 4.45. The van der Waals surface area contributed by atoms with E-state index in [2.05, 4.69) is 9.97 Å². The SMILES string of the molecule is Cc1nc2cnc3ccccc3c2o1. The van der Waals surface area contributed by atoms with Crippen LogP contribution in [-0.2, 0) is 0 Å². The van der Waals surface area contributed by atoms with Gasteiger partial charge in [0, 0.05) is 12.3 Å². The molecule has 3 aromatic rings. The van der Waals surface area contributed by atoms with Gasteiger partial charge in [-0.05, 0) is 12.1 Å². The molecule has 1 aromatic carbocycles. The second-order valence-corrected chi connectivity index (χ2v) is 3.22. The summed E-state index contributed by atoms with van der Waals surface area (Å²) in [6, 6.07) is 7.90. The van der Waals surface area contributed by atoms with Crippen molar-refractivity contribution in [2.45, 2.75) is 6.92 Å². The minimum Gasteiger partial charge on any atom is -0.440 e. The fourth-order valence-corrected chi connectivity index (χ4v) is 1.63. The van der Waals surface area contributed by atoms with Crippen LogP contribution in [0.1, 0.15) is 5.89 Å². The highest BCUT2D eigenvalue weighted by atomic mass is 16.3. The normalized spacial score (nSPS) is 11.2. The third-order valence-electron chi connectivity index (χ3n) is 2.23. The van der Waals surface area contributed by atoms with E-state index >= 15 is 0 Å². The van der Waals surface area contributed by atoms with Crippen LogP contribution < -0.4 is 0 Å². The third kappa shape index (κ3) is 0.923. The van der Waals surface area contributed by atoms with E-state index in [4.69, 9.17) is 4.42 Å². The predicted octanol–water partition coefficient (Wildman–Crippen LogP) is 2.68. The molecule has 3 rings (SSSR count). The first-order valence-corrected chi connectivity index (χ1v) is 4.45. The van der Waals surface area contributed by atoms with Gasteiger partial charge in [0.25, 0.3) is 0 Å². The molecule has 0 radical (unpaired) electrons. The summed E-state index contributed by atoms with van der Waals surface area (Å²) in [6.45, 7) is 1.84. The first-order chi connectivity index (χ1) is 6.84. The molecular formula is C11H8N2O. The van der Waals surface area contributed by atoms with Crippen molar-refractivity contribution in [3.05, 3.63) is 36.4 Å². The van der Waals surface area contributed by atoms with Gasteiger partial charge in [-0.25, -0.2) is 4.98 Å². The number of nitrogens with zero attached hydrogens (tertiary/aromatic N) is 2. The lowest BCUT2D eigenvalue weighted by atomic mass is 10.2. The van der Waals surface area contributed by atoms with E-state index in [0.717, 1.165) is 22.0 Å². The fraction of sp³-hybridized carbons (Fsp3) is 0.0909. The van der Waals surface area contributed by atoms with Gasteiger partial charge >= 0.3 is 0 Å². The third-order valence-corrected chi connectivity index (χ3v) is 2.23. The molecule has 0 atom stereocenters. The van der Waals surface area contributed by atoms with Crippen LogP contribution in [0.25, 0.3) is 22.0 Å². The Kier molecular flexibility index (Phi) is 1.36. The summed E-state index contributed by atoms with van der Waals surface area (Å²) in [5.41, 5.74) is 2.59. The summed E-state index contributed by atoms with van der Waals surface area (Å²) in [7, 11) is 0. The zero-order valence-electron chi connectivity index (χ0n) is 7.69. The lowest BCUT2D eigenvalue weighted by Gasteiger charge is -1.94. The fourth-order valence-electron chi connectivity index (χ4n) is 1.63. The Morgan fingerprint density at radius 2 is 2.00 bits per heavy atom. The summed E-state index contributed by atoms with van der Waals surface area (Å²) in [5, 5.41) is 1.02. The van der Waals surface area contributed by atoms with Crippen LogP contribution in [0, 0.1) is 6.92 Å². The molecule has 3 heteroatoms. The number of hydrogen-bond donors (Lipinski definition) is 0. The Labute approximate surface area is 80.4 Å². The average molecular weight is 184 g/mol. The molecule has 2 aromatic heterocycles. The number of benzene rings is 1. The second-order valence-electron chi connectivity index (χ2n) is 3.22. The van der Waals surface area contributed by atoms with E-state index in [0.29, 0.717) is 5.89 Å². The summed E-state index contributed by atoms with van der Waals surface area (Å²) in [5.74, 6) is 0.679. The lowest BCUT2D eigenvalue weighted by molar-refractivity contribution is 0.563. The van der Waals surface area contributed by atoms with Crippen LogP contribution >= 0.6 is 0 Å². The molecule has 0 bridgehead atoms. The second kappa shape index (κ2) is 2.54. The molecule has 68 valence electrons. The predicted molar refractivity (Wildman–Crippen MR) is 54.0 cm³/mol. The molecule has 0 N–H and O–H groups in total. The van der Waals surface area contributed by atoms with Gasteiger partial charge in [0.1, 0.15) is 5.52 Å². The Bertz CT molecular complexity index is 613. The van der Waals surface area contributed by atoms with Crippen LogP contribution in [0.3, 0.4) is 0 Å². The van der Waals surface area contributed by atoms with Crippen LogP contribution in [0.5, 0.6) is 0 Å². The largest absolute Gasteiger partial charge is 0.440 e. The summed E-state index contributed by atoms with van der Waals surface area (Å²) >= 11 is 0. The molecule has 14 heavy (non-hydrogen) atoms. The topological polar surface area (TPSA) is 38.9 Å². The van der Waals surface area contributed by atoms with E-state index in [1.54, 1.807) is 6.20 Å². The number of para-hydroxylation sites is 1. The molecule has 3 nitrogen and oxygen atoms in total. The van der Waals surface area contributed by atoms with Crippen molar-refractivity contribution in [3.8, 4) is 0 Å². The first kappa shape index (κ1) is 7.50. The molecule has 0 saturated carbocycles. The van der Waals surface area contributed by atoms with Crippen molar-refractivity contribution < 1.29 is 4.42 Å². The number of rotatable bonds is 0. The minimum absolute atomic E-state index is 0.679. The van der Waals surface area contributed by atoms with Gasteiger partial charge in [-0.15, -0.1) is 0 Å². The van der Waals surface area contributed by atoms with Crippen molar-refractivity contribution in [1.29, 1.82) is 0 Å². The molecule has 0 fully saturated rings. The Morgan fingerprint density at radius 1 is 1.14 bits per heavy atom. The van der Waals surface area contributed by atoms with Crippen molar-refractivity contribution in [2.75, 3.05) is 0 Å². The highest BCUT2D eigenvalue weighted by molar-refractivity contribution is 6.00. The summed E-state index contributed by atoms with van der Waals surface area (Å²) in [4.78, 5) is 8.53. The van der Waals surface area contributed by atoms with Gasteiger partial charge in [0.2, 0.25) is 0 Å². The maximum atomic E-state index is 5.53. The lowest BCUT2D eigenvalue weighted by Crippen LogP contribution is -1.78. The molecule has 0 saturated heterocycles. The molecule has 0 amide bonds. The highest BCUT2D eigenvalue weighted by Crippen LogP contribution is 2.23. The monoisotopic (exact) mass is 184 g/mol. The summed E-state index contributed by atoms with van der Waals surface area (Å²) in [6.07, 6.45) is 1.74. The molecule has 0 aliphatic heterocycles. The maximum Gasteiger partial charge on any atom is 0.192 e. The van der Waals surface area contributed by atoms with Crippen molar-refractivity contribution in [2.24, 2.45) is 0 Å². The molecule has 0 unspecified atom stereocenters. The maximum absolute atomic E-state index is 5.53. The number of fused-ring (bicyclic) bond motifs is 3. The van der Waals surface area contributed by atoms with E-state index in [1.807, 2.05) is 31.2 Å². The molecule has 2 heterocycles. The standard InChI is InChI=1S/C11H8N2O/c1-7-13-10-6-12-9-5-3-2-4-8(9)11(10)14-7/h2-6H,1H3. The Hall–Kier alpha value is -1.90. The van der Waals surface area contributed by atoms with Crippen LogP contribution in [0.15, 0.2) is 34.9 Å². The molecule has 0 spiro atoms. The van der Waals surface area contributed by atoms with E-state index < -0.39 is 0 Å². The van der Waals surface area contributed by atoms with Gasteiger partial charge in [-0.1, -0.05) is 12.1 Å². The zero-order chi connectivity index (χ0) is 9.54. The highest BCUT2D eigenvalue weighted by Gasteiger charge is 2.06. The number of pyridine rings is 1. The van der Waals surface area contributed by atoms with Crippen molar-refractivity contribution in [1.82, 2.24) is 9.97 Å². The van der Waals surface area contributed by atoms with E-state index in [9.17, 15) is 0 Å². The van der Waals surface area contributed by atoms with Gasteiger partial charge in [-0.2, -0.15) is 0 Å². The van der Waals surface area contributed by atoms with Crippen molar-refractivity contribution in [3.63, 3.8) is 0 Å². The van der Waals surface area contributed by atoms with Crippen molar-refractivity contribution >= 4 is 22.0 Å². The quantitative estimate of drug-likeness (QED) is 0.539. The Morgan fingerprint density at radius 3 is 2.93 bits per heavy atom. The van der Waals surface area contributed by atoms with Crippen LogP contribution in [0.4, 0.5) is 0 Å². The number of aromatic nitrogens is 2. The number of aryl methyl sites for hydroxylation is 1. The summed E-state index contributed by atoms with van der Waals surface area (Å²) < 4.78 is 5.53. The number of hydrogen-bond acceptors (Lipinski definition) is 3. The van der Waals surface area contributed by atoms with E-state index in [1.165, 1.54) is 0 Å². The molecule has 0 aliphatic carbocycles. The van der Waals surface area contributed by atoms with Gasteiger partial charge < -0.3 is 4.42 Å². The zero-order valence-corrected chi connectivity index (χ0v) is 7.69. The Balaban J connectivity index is 2.60. The van der Waals surface area contributed by atoms with Gasteiger partial charge in [-0.3, -0.25) is 4.98 Å². The molecule has 0 aliphatic rings. The minimum atomic E-state index is 0.679. The molecular weight excluding hydrogens is 176 g/mol. The van der Waals surface area contributed by atoms with Gasteiger partial charge in [0.05, 0.1) is 11.7 Å². The number of oxazole rings is 1. The van der Waals surface area contributed by atoms with Crippen LogP contribution in [-0.4, -0.2) is 9.97 Å².